The van der Waals surface area contributed by atoms with Gasteiger partial charge in [0.05, 0.1) is 5.92 Å². The average Bonchev–Trinajstić information content (AvgIpc) is 3.36. The summed E-state index contributed by atoms with van der Waals surface area (Å²) in [6.45, 7) is 0.693. The molecule has 0 unspecified atom stereocenters. The van der Waals surface area contributed by atoms with Crippen LogP contribution in [0.15, 0.2) is 0 Å². The molecule has 0 aromatic carbocycles. The van der Waals surface area contributed by atoms with Crippen molar-refractivity contribution >= 4 is 11.8 Å². The lowest BCUT2D eigenvalue weighted by molar-refractivity contribution is -0.140. The zero-order chi connectivity index (χ0) is 16.5. The first-order valence-electron chi connectivity index (χ1n) is 10.4. The van der Waals surface area contributed by atoms with Gasteiger partial charge >= 0.3 is 0 Å². The third-order valence-electron chi connectivity index (χ3n) is 6.96. The van der Waals surface area contributed by atoms with Gasteiger partial charge in [-0.25, -0.2) is 0 Å². The Labute approximate surface area is 145 Å². The highest BCUT2D eigenvalue weighted by Crippen LogP contribution is 2.35. The summed E-state index contributed by atoms with van der Waals surface area (Å²) in [4.78, 5) is 30.2. The van der Waals surface area contributed by atoms with Gasteiger partial charge in [0.1, 0.15) is 0 Å². The van der Waals surface area contributed by atoms with Gasteiger partial charge in [0, 0.05) is 31.1 Å². The van der Waals surface area contributed by atoms with Crippen molar-refractivity contribution in [2.45, 2.75) is 102 Å². The summed E-state index contributed by atoms with van der Waals surface area (Å²) in [5.41, 5.74) is 0. The fraction of sp³-hybridized carbons (Fsp3) is 0.900. The highest BCUT2D eigenvalue weighted by Gasteiger charge is 2.43. The third kappa shape index (κ3) is 3.09. The van der Waals surface area contributed by atoms with E-state index >= 15 is 0 Å². The number of rotatable bonds is 4. The standard InChI is InChI=1S/C20H32N2O2/c23-19-13-15(14-21(19)16-7-1-2-8-16)20(24)22(17-9-3-4-10-17)18-11-5-6-12-18/h15-18H,1-14H2/t15-/m1/s1. The lowest BCUT2D eigenvalue weighted by Gasteiger charge is -2.36. The van der Waals surface area contributed by atoms with Crippen LogP contribution in [-0.4, -0.2) is 46.3 Å². The van der Waals surface area contributed by atoms with Crippen molar-refractivity contribution in [2.75, 3.05) is 6.54 Å². The lowest BCUT2D eigenvalue weighted by Crippen LogP contribution is -2.48. The number of hydrogen-bond acceptors (Lipinski definition) is 2. The zero-order valence-electron chi connectivity index (χ0n) is 14.9. The Morgan fingerprint density at radius 3 is 1.88 bits per heavy atom. The molecule has 1 aliphatic heterocycles. The highest BCUT2D eigenvalue weighted by molar-refractivity contribution is 5.89. The molecule has 4 heteroatoms. The minimum Gasteiger partial charge on any atom is -0.339 e. The number of hydrogen-bond donors (Lipinski definition) is 0. The molecule has 4 rings (SSSR count). The number of amides is 2. The van der Waals surface area contributed by atoms with Gasteiger partial charge in [0.15, 0.2) is 0 Å². The second-order valence-corrected chi connectivity index (χ2v) is 8.51. The zero-order valence-corrected chi connectivity index (χ0v) is 14.9. The second kappa shape index (κ2) is 7.05. The molecule has 4 fully saturated rings. The molecule has 0 aromatic rings. The van der Waals surface area contributed by atoms with Gasteiger partial charge in [-0.05, 0) is 38.5 Å². The Morgan fingerprint density at radius 1 is 0.833 bits per heavy atom. The van der Waals surface area contributed by atoms with E-state index in [4.69, 9.17) is 0 Å². The molecule has 3 saturated carbocycles. The molecule has 4 nitrogen and oxygen atoms in total. The summed E-state index contributed by atoms with van der Waals surface area (Å²) in [5, 5.41) is 0. The normalized spacial score (nSPS) is 29.9. The van der Waals surface area contributed by atoms with Crippen LogP contribution in [0.5, 0.6) is 0 Å². The summed E-state index contributed by atoms with van der Waals surface area (Å²) in [6, 6.07) is 1.33. The minimum atomic E-state index is -0.0701. The van der Waals surface area contributed by atoms with E-state index in [0.29, 0.717) is 37.0 Å². The van der Waals surface area contributed by atoms with E-state index in [9.17, 15) is 9.59 Å². The predicted molar refractivity (Wildman–Crippen MR) is 93.4 cm³/mol. The van der Waals surface area contributed by atoms with Crippen LogP contribution in [0.1, 0.15) is 83.5 Å². The Morgan fingerprint density at radius 2 is 1.33 bits per heavy atom. The minimum absolute atomic E-state index is 0.0701. The Hall–Kier alpha value is -1.06. The monoisotopic (exact) mass is 332 g/mol. The van der Waals surface area contributed by atoms with Crippen LogP contribution in [0.2, 0.25) is 0 Å². The van der Waals surface area contributed by atoms with Crippen LogP contribution in [0.4, 0.5) is 0 Å². The first-order chi connectivity index (χ1) is 11.7. The van der Waals surface area contributed by atoms with Gasteiger partial charge in [0.2, 0.25) is 11.8 Å². The number of likely N-dealkylation sites (tertiary alicyclic amines) is 1. The summed E-state index contributed by atoms with van der Waals surface area (Å²) >= 11 is 0. The Bertz CT molecular complexity index is 458. The van der Waals surface area contributed by atoms with Crippen molar-refractivity contribution < 1.29 is 9.59 Å². The first kappa shape index (κ1) is 16.4. The number of nitrogens with zero attached hydrogens (tertiary/aromatic N) is 2. The summed E-state index contributed by atoms with van der Waals surface area (Å²) in [7, 11) is 0. The second-order valence-electron chi connectivity index (χ2n) is 8.51. The van der Waals surface area contributed by atoms with E-state index in [1.54, 1.807) is 0 Å². The van der Waals surface area contributed by atoms with E-state index in [0.717, 1.165) is 12.8 Å². The van der Waals surface area contributed by atoms with Crippen LogP contribution < -0.4 is 0 Å². The Kier molecular flexibility index (Phi) is 4.82. The van der Waals surface area contributed by atoms with Gasteiger partial charge in [-0.15, -0.1) is 0 Å². The van der Waals surface area contributed by atoms with Gasteiger partial charge in [-0.1, -0.05) is 38.5 Å². The van der Waals surface area contributed by atoms with Crippen LogP contribution in [0.25, 0.3) is 0 Å². The summed E-state index contributed by atoms with van der Waals surface area (Å²) < 4.78 is 0. The smallest absolute Gasteiger partial charge is 0.228 e. The molecule has 0 bridgehead atoms. The molecule has 0 spiro atoms. The molecule has 1 heterocycles. The van der Waals surface area contributed by atoms with E-state index in [1.165, 1.54) is 64.2 Å². The van der Waals surface area contributed by atoms with Crippen LogP contribution in [0.3, 0.4) is 0 Å². The topological polar surface area (TPSA) is 40.6 Å². The quantitative estimate of drug-likeness (QED) is 0.790. The fourth-order valence-corrected chi connectivity index (χ4v) is 5.70. The van der Waals surface area contributed by atoms with E-state index in [-0.39, 0.29) is 11.8 Å². The Balaban J connectivity index is 1.46. The summed E-state index contributed by atoms with van der Waals surface area (Å²) in [5.74, 6) is 0.472. The first-order valence-corrected chi connectivity index (χ1v) is 10.4. The molecule has 1 saturated heterocycles. The predicted octanol–water partition coefficient (Wildman–Crippen LogP) is 3.49. The largest absolute Gasteiger partial charge is 0.339 e. The van der Waals surface area contributed by atoms with Gasteiger partial charge in [0.25, 0.3) is 0 Å². The average molecular weight is 332 g/mol. The molecule has 24 heavy (non-hydrogen) atoms. The molecular weight excluding hydrogens is 300 g/mol. The maximum atomic E-state index is 13.4. The van der Waals surface area contributed by atoms with Crippen molar-refractivity contribution in [3.8, 4) is 0 Å². The molecule has 0 radical (unpaired) electrons. The molecule has 0 N–H and O–H groups in total. The van der Waals surface area contributed by atoms with Crippen LogP contribution in [0, 0.1) is 5.92 Å². The van der Waals surface area contributed by atoms with Crippen molar-refractivity contribution in [2.24, 2.45) is 5.92 Å². The number of carbonyl (C=O) groups excluding carboxylic acids is 2. The molecule has 1 atom stereocenters. The van der Waals surface area contributed by atoms with Gasteiger partial charge in [-0.2, -0.15) is 0 Å². The molecule has 0 aromatic heterocycles. The van der Waals surface area contributed by atoms with E-state index < -0.39 is 0 Å². The van der Waals surface area contributed by atoms with Crippen LogP contribution in [-0.2, 0) is 9.59 Å². The summed E-state index contributed by atoms with van der Waals surface area (Å²) in [6.07, 6.45) is 15.0. The van der Waals surface area contributed by atoms with Crippen LogP contribution >= 0.6 is 0 Å². The van der Waals surface area contributed by atoms with Crippen molar-refractivity contribution in [3.05, 3.63) is 0 Å². The maximum Gasteiger partial charge on any atom is 0.228 e. The molecule has 4 aliphatic rings. The van der Waals surface area contributed by atoms with Gasteiger partial charge < -0.3 is 9.80 Å². The van der Waals surface area contributed by atoms with Crippen molar-refractivity contribution in [1.29, 1.82) is 0 Å². The molecule has 134 valence electrons. The number of carbonyl (C=O) groups is 2. The van der Waals surface area contributed by atoms with Crippen molar-refractivity contribution in [3.63, 3.8) is 0 Å². The van der Waals surface area contributed by atoms with Gasteiger partial charge in [-0.3, -0.25) is 9.59 Å². The molecule has 2 amide bonds. The van der Waals surface area contributed by atoms with Crippen molar-refractivity contribution in [1.82, 2.24) is 9.80 Å². The van der Waals surface area contributed by atoms with E-state index in [2.05, 4.69) is 9.80 Å². The lowest BCUT2D eigenvalue weighted by atomic mass is 10.0. The molecule has 3 aliphatic carbocycles. The fourth-order valence-electron chi connectivity index (χ4n) is 5.70. The van der Waals surface area contributed by atoms with E-state index in [1.807, 2.05) is 0 Å². The molecular formula is C20H32N2O2. The SMILES string of the molecule is O=C1C[C@@H](C(=O)N(C2CCCC2)C2CCCC2)CN1C1CCCC1. The maximum absolute atomic E-state index is 13.4. The third-order valence-corrected chi connectivity index (χ3v) is 6.96. The highest BCUT2D eigenvalue weighted by atomic mass is 16.2.